The van der Waals surface area contributed by atoms with Crippen LogP contribution in [0, 0.1) is 17.2 Å². The fourth-order valence-electron chi connectivity index (χ4n) is 3.06. The summed E-state index contributed by atoms with van der Waals surface area (Å²) < 4.78 is 0. The molecule has 1 aromatic carbocycles. The second kappa shape index (κ2) is 6.19. The van der Waals surface area contributed by atoms with Gasteiger partial charge in [-0.1, -0.05) is 17.8 Å². The van der Waals surface area contributed by atoms with Gasteiger partial charge in [0.15, 0.2) is 5.82 Å². The molecule has 5 nitrogen and oxygen atoms in total. The van der Waals surface area contributed by atoms with Gasteiger partial charge in [-0.3, -0.25) is 4.90 Å². The van der Waals surface area contributed by atoms with Gasteiger partial charge in [-0.05, 0) is 43.6 Å². The largest absolute Gasteiger partial charge is 0.337 e. The summed E-state index contributed by atoms with van der Waals surface area (Å²) in [7, 11) is 0. The third kappa shape index (κ3) is 3.03. The molecule has 3 heterocycles. The molecular weight excluding hydrogens is 306 g/mol. The zero-order chi connectivity index (χ0) is 15.6. The molecule has 0 atom stereocenters. The zero-order valence-corrected chi connectivity index (χ0v) is 13.5. The van der Waals surface area contributed by atoms with Gasteiger partial charge in [0, 0.05) is 29.8 Å². The first-order valence-corrected chi connectivity index (χ1v) is 8.64. The minimum Gasteiger partial charge on any atom is -0.337 e. The summed E-state index contributed by atoms with van der Waals surface area (Å²) in [4.78, 5) is 12.3. The van der Waals surface area contributed by atoms with E-state index in [1.165, 1.54) is 10.5 Å². The fraction of sp³-hybridized carbons (Fsp3) is 0.353. The van der Waals surface area contributed by atoms with Crippen molar-refractivity contribution in [1.82, 2.24) is 14.9 Å². The van der Waals surface area contributed by atoms with E-state index in [4.69, 9.17) is 5.26 Å². The van der Waals surface area contributed by atoms with Crippen LogP contribution in [0.5, 0.6) is 0 Å². The third-order valence-electron chi connectivity index (χ3n) is 4.34. The Morgan fingerprint density at radius 3 is 2.91 bits per heavy atom. The maximum absolute atomic E-state index is 8.99. The molecule has 1 N–H and O–H groups in total. The summed E-state index contributed by atoms with van der Waals surface area (Å²) in [6, 6.07) is 8.93. The predicted octanol–water partition coefficient (Wildman–Crippen LogP) is 3.42. The quantitative estimate of drug-likeness (QED) is 0.779. The Morgan fingerprint density at radius 1 is 1.26 bits per heavy atom. The highest BCUT2D eigenvalue weighted by molar-refractivity contribution is 7.99. The number of likely N-dealkylation sites (tertiary alicyclic amines) is 1. The van der Waals surface area contributed by atoms with Gasteiger partial charge < -0.3 is 5.32 Å². The normalized spacial score (nSPS) is 17.7. The third-order valence-corrected chi connectivity index (χ3v) is 5.41. The Morgan fingerprint density at radius 2 is 2.09 bits per heavy atom. The topological polar surface area (TPSA) is 64.8 Å². The van der Waals surface area contributed by atoms with Crippen molar-refractivity contribution in [3.63, 3.8) is 0 Å². The van der Waals surface area contributed by atoms with Gasteiger partial charge in [0.05, 0.1) is 11.8 Å². The van der Waals surface area contributed by atoms with Crippen LogP contribution in [0.3, 0.4) is 0 Å². The highest BCUT2D eigenvalue weighted by atomic mass is 32.2. The fourth-order valence-corrected chi connectivity index (χ4v) is 3.94. The molecule has 6 heteroatoms. The van der Waals surface area contributed by atoms with Crippen molar-refractivity contribution in [3.8, 4) is 6.07 Å². The van der Waals surface area contributed by atoms with E-state index in [1.807, 2.05) is 0 Å². The molecule has 116 valence electrons. The Kier molecular flexibility index (Phi) is 3.90. The molecule has 0 radical (unpaired) electrons. The second-order valence-electron chi connectivity index (χ2n) is 5.95. The number of rotatable bonds is 2. The molecule has 23 heavy (non-hydrogen) atoms. The van der Waals surface area contributed by atoms with E-state index in [1.54, 1.807) is 24.2 Å². The summed E-state index contributed by atoms with van der Waals surface area (Å²) in [5, 5.41) is 13.3. The lowest BCUT2D eigenvalue weighted by molar-refractivity contribution is 0.198. The summed E-state index contributed by atoms with van der Waals surface area (Å²) in [5.41, 5.74) is 2.40. The number of anilines is 2. The van der Waals surface area contributed by atoms with Crippen LogP contribution in [-0.2, 0) is 6.54 Å². The number of piperidine rings is 1. The van der Waals surface area contributed by atoms with Crippen molar-refractivity contribution in [3.05, 3.63) is 36.2 Å². The summed E-state index contributed by atoms with van der Waals surface area (Å²) in [6.45, 7) is 2.95. The lowest BCUT2D eigenvalue weighted by atomic mass is 9.98. The number of benzene rings is 1. The number of nitriles is 1. The maximum atomic E-state index is 8.99. The minimum absolute atomic E-state index is 0.239. The first kappa shape index (κ1) is 14.5. The summed E-state index contributed by atoms with van der Waals surface area (Å²) in [6.07, 6.45) is 5.40. The van der Waals surface area contributed by atoms with Crippen molar-refractivity contribution in [2.24, 2.45) is 5.92 Å². The number of aromatic nitrogens is 2. The Hall–Kier alpha value is -2.10. The van der Waals surface area contributed by atoms with Crippen molar-refractivity contribution in [2.75, 3.05) is 18.4 Å². The molecule has 0 bridgehead atoms. The van der Waals surface area contributed by atoms with E-state index in [0.29, 0.717) is 0 Å². The molecule has 2 aliphatic heterocycles. The van der Waals surface area contributed by atoms with Crippen molar-refractivity contribution < 1.29 is 0 Å². The molecule has 1 fully saturated rings. The van der Waals surface area contributed by atoms with Gasteiger partial charge in [-0.15, -0.1) is 0 Å². The Labute approximate surface area is 139 Å². The number of nitrogens with zero attached hydrogens (tertiary/aromatic N) is 4. The van der Waals surface area contributed by atoms with Crippen LogP contribution in [0.25, 0.3) is 0 Å². The molecule has 2 aromatic rings. The molecule has 0 spiro atoms. The van der Waals surface area contributed by atoms with Crippen LogP contribution >= 0.6 is 11.8 Å². The highest BCUT2D eigenvalue weighted by Gasteiger charge is 2.20. The highest BCUT2D eigenvalue weighted by Crippen LogP contribution is 2.42. The zero-order valence-electron chi connectivity index (χ0n) is 12.7. The van der Waals surface area contributed by atoms with E-state index in [0.717, 1.165) is 49.0 Å². The molecule has 0 aliphatic carbocycles. The monoisotopic (exact) mass is 323 g/mol. The van der Waals surface area contributed by atoms with Gasteiger partial charge in [0.2, 0.25) is 0 Å². The van der Waals surface area contributed by atoms with E-state index >= 15 is 0 Å². The lowest BCUT2D eigenvalue weighted by Crippen LogP contribution is -2.32. The van der Waals surface area contributed by atoms with Crippen LogP contribution < -0.4 is 5.32 Å². The van der Waals surface area contributed by atoms with Crippen LogP contribution in [-0.4, -0.2) is 28.0 Å². The number of nitrogens with one attached hydrogen (secondary N) is 1. The molecule has 0 saturated carbocycles. The molecule has 1 saturated heterocycles. The number of fused-ring (bicyclic) bond motifs is 2. The van der Waals surface area contributed by atoms with Crippen molar-refractivity contribution in [2.45, 2.75) is 29.3 Å². The van der Waals surface area contributed by atoms with Crippen LogP contribution in [0.2, 0.25) is 0 Å². The average molecular weight is 323 g/mol. The Balaban J connectivity index is 1.48. The van der Waals surface area contributed by atoms with Crippen molar-refractivity contribution >= 4 is 23.3 Å². The smallest absolute Gasteiger partial charge is 0.163 e. The van der Waals surface area contributed by atoms with Gasteiger partial charge in [-0.2, -0.15) is 5.26 Å². The minimum atomic E-state index is 0.239. The standard InChI is InChI=1S/C17H17N5S/c18-10-12-3-7-22(8-4-12)11-13-1-2-15-14(9-13)21-16-17(23-15)20-6-5-19-16/h1-2,5-6,9,12H,3-4,7-8,11H2,(H,19,21). The first-order valence-electron chi connectivity index (χ1n) is 7.82. The maximum Gasteiger partial charge on any atom is 0.163 e. The number of hydrogen-bond acceptors (Lipinski definition) is 6. The van der Waals surface area contributed by atoms with Crippen molar-refractivity contribution in [1.29, 1.82) is 5.26 Å². The second-order valence-corrected chi connectivity index (χ2v) is 6.98. The first-order chi connectivity index (χ1) is 11.3. The van der Waals surface area contributed by atoms with Gasteiger partial charge >= 0.3 is 0 Å². The molecular formula is C17H17N5S. The van der Waals surface area contributed by atoms with Gasteiger partial charge in [0.25, 0.3) is 0 Å². The molecule has 4 rings (SSSR count). The van der Waals surface area contributed by atoms with E-state index < -0.39 is 0 Å². The Bertz CT molecular complexity index is 762. The van der Waals surface area contributed by atoms with E-state index in [-0.39, 0.29) is 5.92 Å². The van der Waals surface area contributed by atoms with Crippen LogP contribution in [0.1, 0.15) is 18.4 Å². The van der Waals surface area contributed by atoms with Crippen LogP contribution in [0.4, 0.5) is 11.5 Å². The molecule has 2 aliphatic rings. The van der Waals surface area contributed by atoms with Crippen LogP contribution in [0.15, 0.2) is 40.5 Å². The number of hydrogen-bond donors (Lipinski definition) is 1. The molecule has 1 aromatic heterocycles. The average Bonchev–Trinajstić information content (AvgIpc) is 2.60. The lowest BCUT2D eigenvalue weighted by Gasteiger charge is -2.29. The van der Waals surface area contributed by atoms with Gasteiger partial charge in [-0.25, -0.2) is 9.97 Å². The molecule has 0 unspecified atom stereocenters. The summed E-state index contributed by atoms with van der Waals surface area (Å²) in [5.74, 6) is 1.07. The van der Waals surface area contributed by atoms with E-state index in [2.05, 4.69) is 44.5 Å². The molecule has 0 amide bonds. The SMILES string of the molecule is N#CC1CCN(Cc2ccc3c(c2)Nc2nccnc2S3)CC1. The summed E-state index contributed by atoms with van der Waals surface area (Å²) >= 11 is 1.65. The van der Waals surface area contributed by atoms with Gasteiger partial charge in [0.1, 0.15) is 5.03 Å². The van der Waals surface area contributed by atoms with E-state index in [9.17, 15) is 0 Å². The predicted molar refractivity (Wildman–Crippen MR) is 89.5 cm³/mol.